The molecule has 1 N–H and O–H groups in total. The molecule has 0 unspecified atom stereocenters. The topological polar surface area (TPSA) is 59.8 Å². The van der Waals surface area contributed by atoms with Crippen LogP contribution in [0, 0.1) is 0 Å². The highest BCUT2D eigenvalue weighted by Crippen LogP contribution is 2.29. The van der Waals surface area contributed by atoms with E-state index in [9.17, 15) is 4.79 Å². The number of hydrogen-bond donors (Lipinski definition) is 1. The summed E-state index contributed by atoms with van der Waals surface area (Å²) in [6.07, 6.45) is 10.0. The van der Waals surface area contributed by atoms with Crippen molar-refractivity contribution in [1.82, 2.24) is 14.5 Å². The third-order valence-electron chi connectivity index (χ3n) is 4.21. The predicted molar refractivity (Wildman–Crippen MR) is 94.5 cm³/mol. The van der Waals surface area contributed by atoms with Crippen molar-refractivity contribution in [2.24, 2.45) is 0 Å². The van der Waals surface area contributed by atoms with E-state index in [-0.39, 0.29) is 5.91 Å². The zero-order valence-electron chi connectivity index (χ0n) is 13.2. The summed E-state index contributed by atoms with van der Waals surface area (Å²) in [4.78, 5) is 22.3. The molecule has 5 nitrogen and oxygen atoms in total. The van der Waals surface area contributed by atoms with Crippen LogP contribution >= 0.6 is 11.3 Å². The van der Waals surface area contributed by atoms with Crippen LogP contribution in [-0.4, -0.2) is 20.4 Å². The molecule has 2 aromatic heterocycles. The smallest absolute Gasteiger partial charge is 0.257 e. The van der Waals surface area contributed by atoms with Crippen molar-refractivity contribution in [3.8, 4) is 0 Å². The van der Waals surface area contributed by atoms with Crippen LogP contribution in [0.1, 0.15) is 39.3 Å². The number of hydrogen-bond acceptors (Lipinski definition) is 4. The van der Waals surface area contributed by atoms with Crippen LogP contribution in [0.25, 0.3) is 0 Å². The predicted octanol–water partition coefficient (Wildman–Crippen LogP) is 3.52. The zero-order valence-corrected chi connectivity index (χ0v) is 14.1. The number of benzene rings is 1. The maximum atomic E-state index is 12.4. The molecule has 122 valence electrons. The second kappa shape index (κ2) is 6.57. The molecule has 3 aromatic rings. The first-order chi connectivity index (χ1) is 11.8. The van der Waals surface area contributed by atoms with Crippen molar-refractivity contribution in [1.29, 1.82) is 0 Å². The van der Waals surface area contributed by atoms with E-state index < -0.39 is 0 Å². The first-order valence-electron chi connectivity index (χ1n) is 8.12. The van der Waals surface area contributed by atoms with E-state index in [2.05, 4.69) is 15.3 Å². The van der Waals surface area contributed by atoms with E-state index >= 15 is 0 Å². The van der Waals surface area contributed by atoms with Gasteiger partial charge in [-0.3, -0.25) is 10.1 Å². The number of nitrogens with one attached hydrogen (secondary N) is 1. The molecular formula is C18H18N4OS. The maximum absolute atomic E-state index is 12.4. The van der Waals surface area contributed by atoms with Gasteiger partial charge in [-0.1, -0.05) is 12.1 Å². The molecule has 1 aliphatic rings. The van der Waals surface area contributed by atoms with Crippen LogP contribution in [0.4, 0.5) is 5.13 Å². The van der Waals surface area contributed by atoms with Gasteiger partial charge >= 0.3 is 0 Å². The second-order valence-corrected chi connectivity index (χ2v) is 7.07. The average Bonchev–Trinajstić information content (AvgIpc) is 3.24. The SMILES string of the molecule is O=C(Nc1nc2c(s1)CCCC2)c1ccc(Cn2ccnc2)cc1. The summed E-state index contributed by atoms with van der Waals surface area (Å²) < 4.78 is 2.00. The molecule has 6 heteroatoms. The summed E-state index contributed by atoms with van der Waals surface area (Å²) in [7, 11) is 0. The molecule has 2 heterocycles. The maximum Gasteiger partial charge on any atom is 0.257 e. The Kier molecular flexibility index (Phi) is 4.13. The summed E-state index contributed by atoms with van der Waals surface area (Å²) >= 11 is 1.61. The standard InChI is InChI=1S/C18H18N4OS/c23-17(21-18-20-15-3-1-2-4-16(15)24-18)14-7-5-13(6-8-14)11-22-10-9-19-12-22/h5-10,12H,1-4,11H2,(H,20,21,23). The minimum Gasteiger partial charge on any atom is -0.333 e. The van der Waals surface area contributed by atoms with Crippen molar-refractivity contribution in [2.75, 3.05) is 5.32 Å². The van der Waals surface area contributed by atoms with Crippen LogP contribution in [0.15, 0.2) is 43.0 Å². The van der Waals surface area contributed by atoms with Gasteiger partial charge in [0, 0.05) is 29.4 Å². The number of carbonyl (C=O) groups is 1. The van der Waals surface area contributed by atoms with Crippen molar-refractivity contribution in [2.45, 2.75) is 32.2 Å². The molecular weight excluding hydrogens is 320 g/mol. The Hall–Kier alpha value is -2.47. The van der Waals surface area contributed by atoms with Gasteiger partial charge in [0.25, 0.3) is 5.91 Å². The lowest BCUT2D eigenvalue weighted by Gasteiger charge is -2.06. The van der Waals surface area contributed by atoms with E-state index in [1.165, 1.54) is 17.7 Å². The molecule has 1 amide bonds. The van der Waals surface area contributed by atoms with Gasteiger partial charge in [-0.25, -0.2) is 9.97 Å². The number of carbonyl (C=O) groups excluding carboxylic acids is 1. The normalized spacial score (nSPS) is 13.5. The van der Waals surface area contributed by atoms with Crippen LogP contribution in [0.3, 0.4) is 0 Å². The molecule has 0 saturated carbocycles. The van der Waals surface area contributed by atoms with E-state index in [4.69, 9.17) is 0 Å². The van der Waals surface area contributed by atoms with Crippen LogP contribution in [0.2, 0.25) is 0 Å². The number of rotatable bonds is 4. The largest absolute Gasteiger partial charge is 0.333 e. The Balaban J connectivity index is 1.43. The van der Waals surface area contributed by atoms with Gasteiger partial charge in [0.15, 0.2) is 5.13 Å². The van der Waals surface area contributed by atoms with Gasteiger partial charge in [-0.05, 0) is 43.4 Å². The number of anilines is 1. The van der Waals surface area contributed by atoms with E-state index in [0.29, 0.717) is 5.56 Å². The van der Waals surface area contributed by atoms with Crippen LogP contribution in [-0.2, 0) is 19.4 Å². The minimum atomic E-state index is -0.102. The van der Waals surface area contributed by atoms with Crippen LogP contribution < -0.4 is 5.32 Å². The Morgan fingerprint density at radius 3 is 2.79 bits per heavy atom. The lowest BCUT2D eigenvalue weighted by atomic mass is 10.0. The molecule has 0 radical (unpaired) electrons. The fourth-order valence-electron chi connectivity index (χ4n) is 2.93. The number of aryl methyl sites for hydroxylation is 2. The summed E-state index contributed by atoms with van der Waals surface area (Å²) in [5.41, 5.74) is 2.95. The number of amides is 1. The third kappa shape index (κ3) is 3.23. The summed E-state index contributed by atoms with van der Waals surface area (Å²) in [6.45, 7) is 0.751. The number of nitrogens with zero attached hydrogens (tertiary/aromatic N) is 3. The molecule has 1 aromatic carbocycles. The monoisotopic (exact) mass is 338 g/mol. The quantitative estimate of drug-likeness (QED) is 0.792. The van der Waals surface area contributed by atoms with Gasteiger partial charge in [0.2, 0.25) is 0 Å². The summed E-state index contributed by atoms with van der Waals surface area (Å²) in [6, 6.07) is 7.66. The lowest BCUT2D eigenvalue weighted by molar-refractivity contribution is 0.102. The summed E-state index contributed by atoms with van der Waals surface area (Å²) in [5, 5.41) is 3.65. The second-order valence-electron chi connectivity index (χ2n) is 5.98. The Morgan fingerprint density at radius 1 is 1.21 bits per heavy atom. The molecule has 1 aliphatic carbocycles. The van der Waals surface area contributed by atoms with Gasteiger partial charge in [-0.2, -0.15) is 0 Å². The van der Waals surface area contributed by atoms with Crippen LogP contribution in [0.5, 0.6) is 0 Å². The molecule has 0 bridgehead atoms. The van der Waals surface area contributed by atoms with E-state index in [1.54, 1.807) is 23.9 Å². The van der Waals surface area contributed by atoms with Gasteiger partial charge in [-0.15, -0.1) is 11.3 Å². The first-order valence-corrected chi connectivity index (χ1v) is 8.94. The Bertz CT molecular complexity index is 813. The number of thiazole rings is 1. The van der Waals surface area contributed by atoms with Gasteiger partial charge < -0.3 is 4.57 Å². The van der Waals surface area contributed by atoms with E-state index in [0.717, 1.165) is 35.8 Å². The third-order valence-corrected chi connectivity index (χ3v) is 5.28. The van der Waals surface area contributed by atoms with Gasteiger partial charge in [0.05, 0.1) is 12.0 Å². The zero-order chi connectivity index (χ0) is 16.4. The molecule has 4 rings (SSSR count). The molecule has 0 atom stereocenters. The molecule has 0 spiro atoms. The van der Waals surface area contributed by atoms with Crippen molar-refractivity contribution >= 4 is 22.4 Å². The molecule has 24 heavy (non-hydrogen) atoms. The highest BCUT2D eigenvalue weighted by atomic mass is 32.1. The Morgan fingerprint density at radius 2 is 2.04 bits per heavy atom. The van der Waals surface area contributed by atoms with Crippen molar-refractivity contribution < 1.29 is 4.79 Å². The van der Waals surface area contributed by atoms with Gasteiger partial charge in [0.1, 0.15) is 0 Å². The fraction of sp³-hybridized carbons (Fsp3) is 0.278. The van der Waals surface area contributed by atoms with E-state index in [1.807, 2.05) is 35.0 Å². The van der Waals surface area contributed by atoms with Crippen molar-refractivity contribution in [3.63, 3.8) is 0 Å². The highest BCUT2D eigenvalue weighted by molar-refractivity contribution is 7.15. The number of aromatic nitrogens is 3. The Labute approximate surface area is 144 Å². The fourth-order valence-corrected chi connectivity index (χ4v) is 3.97. The highest BCUT2D eigenvalue weighted by Gasteiger charge is 2.16. The summed E-state index contributed by atoms with van der Waals surface area (Å²) in [5.74, 6) is -0.102. The number of imidazole rings is 1. The average molecular weight is 338 g/mol. The van der Waals surface area contributed by atoms with Crippen molar-refractivity contribution in [3.05, 3.63) is 64.7 Å². The number of fused-ring (bicyclic) bond motifs is 1. The molecule has 0 saturated heterocycles. The minimum absolute atomic E-state index is 0.102. The molecule has 0 aliphatic heterocycles. The first kappa shape index (κ1) is 15.1. The lowest BCUT2D eigenvalue weighted by Crippen LogP contribution is -2.12. The molecule has 0 fully saturated rings.